The molecule has 0 aliphatic heterocycles. The largest absolute Gasteiger partial charge is 0.497 e. The molecule has 5 nitrogen and oxygen atoms in total. The molecule has 15 heavy (non-hydrogen) atoms. The minimum atomic E-state index is -4.07. The Hall–Kier alpha value is -1.27. The third-order valence-corrected chi connectivity index (χ3v) is 3.06. The highest BCUT2D eigenvalue weighted by atomic mass is 35.7. The van der Waals surface area contributed by atoms with E-state index < -0.39 is 25.5 Å². The van der Waals surface area contributed by atoms with Crippen LogP contribution in [0.4, 0.5) is 0 Å². The number of halogens is 1. The number of carboxylic acid groups (broad SMARTS) is 1. The molecule has 0 aliphatic rings. The Morgan fingerprint density at radius 1 is 1.47 bits per heavy atom. The molecule has 1 rings (SSSR count). The molecule has 0 bridgehead atoms. The standard InChI is InChI=1S/C8H7ClO5S/c1-14-5-2-3-7(15(9,12)13)6(4-5)8(10)11/h2-4H,1H3,(H,10,11). The number of aromatic carboxylic acids is 1. The summed E-state index contributed by atoms with van der Waals surface area (Å²) >= 11 is 0. The van der Waals surface area contributed by atoms with Crippen molar-refractivity contribution in [2.45, 2.75) is 4.90 Å². The highest BCUT2D eigenvalue weighted by Gasteiger charge is 2.20. The Balaban J connectivity index is 3.48. The van der Waals surface area contributed by atoms with Crippen molar-refractivity contribution in [3.8, 4) is 5.75 Å². The van der Waals surface area contributed by atoms with Gasteiger partial charge in [0, 0.05) is 10.7 Å². The van der Waals surface area contributed by atoms with Crippen LogP contribution in [0, 0.1) is 0 Å². The first-order chi connectivity index (χ1) is 6.86. The Labute approximate surface area is 90.7 Å². The first kappa shape index (κ1) is 11.8. The molecule has 0 amide bonds. The Morgan fingerprint density at radius 3 is 2.47 bits per heavy atom. The molecular weight excluding hydrogens is 244 g/mol. The maximum absolute atomic E-state index is 11.0. The number of hydrogen-bond donors (Lipinski definition) is 1. The molecule has 1 aromatic carbocycles. The Morgan fingerprint density at radius 2 is 2.07 bits per heavy atom. The number of carboxylic acids is 1. The fourth-order valence-electron chi connectivity index (χ4n) is 1.02. The summed E-state index contributed by atoms with van der Waals surface area (Å²) in [6, 6.07) is 3.50. The van der Waals surface area contributed by atoms with Gasteiger partial charge in [-0.1, -0.05) is 0 Å². The average molecular weight is 251 g/mol. The van der Waals surface area contributed by atoms with Crippen LogP contribution in [0.15, 0.2) is 23.1 Å². The maximum Gasteiger partial charge on any atom is 0.337 e. The summed E-state index contributed by atoms with van der Waals surface area (Å²) in [6.45, 7) is 0. The van der Waals surface area contributed by atoms with E-state index in [4.69, 9.17) is 20.5 Å². The lowest BCUT2D eigenvalue weighted by Crippen LogP contribution is -2.05. The number of carbonyl (C=O) groups is 1. The van der Waals surface area contributed by atoms with Crippen molar-refractivity contribution in [3.63, 3.8) is 0 Å². The summed E-state index contributed by atoms with van der Waals surface area (Å²) < 4.78 is 26.8. The van der Waals surface area contributed by atoms with Crippen LogP contribution >= 0.6 is 10.7 Å². The summed E-state index contributed by atoms with van der Waals surface area (Å²) in [7, 11) is 2.35. The van der Waals surface area contributed by atoms with Crippen molar-refractivity contribution in [1.82, 2.24) is 0 Å². The minimum absolute atomic E-state index is 0.247. The molecule has 0 fully saturated rings. The summed E-state index contributed by atoms with van der Waals surface area (Å²) in [4.78, 5) is 10.3. The predicted octanol–water partition coefficient (Wildman–Crippen LogP) is 1.32. The van der Waals surface area contributed by atoms with Gasteiger partial charge >= 0.3 is 5.97 Å². The van der Waals surface area contributed by atoms with Crippen LogP contribution in [0.2, 0.25) is 0 Å². The van der Waals surface area contributed by atoms with Gasteiger partial charge in [0.05, 0.1) is 17.6 Å². The van der Waals surface area contributed by atoms with Crippen molar-refractivity contribution >= 4 is 25.7 Å². The fourth-order valence-corrected chi connectivity index (χ4v) is 2.06. The molecule has 0 radical (unpaired) electrons. The van der Waals surface area contributed by atoms with Crippen LogP contribution < -0.4 is 4.74 Å². The lowest BCUT2D eigenvalue weighted by atomic mass is 10.2. The lowest BCUT2D eigenvalue weighted by molar-refractivity contribution is 0.0692. The third-order valence-electron chi connectivity index (χ3n) is 1.68. The topological polar surface area (TPSA) is 80.7 Å². The molecule has 1 aromatic rings. The van der Waals surface area contributed by atoms with Gasteiger partial charge in [0.1, 0.15) is 5.75 Å². The minimum Gasteiger partial charge on any atom is -0.497 e. The van der Waals surface area contributed by atoms with Crippen LogP contribution in [-0.2, 0) is 9.05 Å². The van der Waals surface area contributed by atoms with Crippen molar-refractivity contribution in [1.29, 1.82) is 0 Å². The molecule has 0 heterocycles. The van der Waals surface area contributed by atoms with E-state index in [2.05, 4.69) is 0 Å². The van der Waals surface area contributed by atoms with E-state index in [1.165, 1.54) is 13.2 Å². The molecule has 0 saturated heterocycles. The highest BCUT2D eigenvalue weighted by Crippen LogP contribution is 2.24. The molecular formula is C8H7ClO5S. The fraction of sp³-hybridized carbons (Fsp3) is 0.125. The van der Waals surface area contributed by atoms with E-state index in [1.54, 1.807) is 0 Å². The zero-order chi connectivity index (χ0) is 11.6. The smallest absolute Gasteiger partial charge is 0.337 e. The maximum atomic E-state index is 11.0. The van der Waals surface area contributed by atoms with Gasteiger partial charge in [-0.2, -0.15) is 0 Å². The monoisotopic (exact) mass is 250 g/mol. The van der Waals surface area contributed by atoms with Gasteiger partial charge in [-0.05, 0) is 18.2 Å². The number of benzene rings is 1. The van der Waals surface area contributed by atoms with Crippen molar-refractivity contribution in [3.05, 3.63) is 23.8 Å². The highest BCUT2D eigenvalue weighted by molar-refractivity contribution is 8.13. The molecule has 0 spiro atoms. The van der Waals surface area contributed by atoms with Crippen LogP contribution in [-0.4, -0.2) is 26.6 Å². The van der Waals surface area contributed by atoms with E-state index in [0.29, 0.717) is 0 Å². The molecule has 1 N–H and O–H groups in total. The molecule has 82 valence electrons. The van der Waals surface area contributed by atoms with Crippen molar-refractivity contribution < 1.29 is 23.1 Å². The van der Waals surface area contributed by atoms with Crippen LogP contribution in [0.5, 0.6) is 5.75 Å². The Kier molecular flexibility index (Phi) is 3.21. The SMILES string of the molecule is COc1ccc(S(=O)(=O)Cl)c(C(=O)O)c1. The van der Waals surface area contributed by atoms with Gasteiger partial charge in [-0.25, -0.2) is 13.2 Å². The number of methoxy groups -OCH3 is 1. The zero-order valence-corrected chi connectivity index (χ0v) is 9.17. The molecule has 0 unspecified atom stereocenters. The van der Waals surface area contributed by atoms with E-state index >= 15 is 0 Å². The Bertz CT molecular complexity index is 494. The third kappa shape index (κ3) is 2.60. The second-order valence-corrected chi connectivity index (χ2v) is 5.14. The molecule has 0 aliphatic carbocycles. The molecule has 0 saturated carbocycles. The second kappa shape index (κ2) is 4.08. The van der Waals surface area contributed by atoms with Gasteiger partial charge in [-0.3, -0.25) is 0 Å². The summed E-state index contributed by atoms with van der Waals surface area (Å²) in [5.74, 6) is -1.13. The normalized spacial score (nSPS) is 11.1. The number of rotatable bonds is 3. The first-order valence-electron chi connectivity index (χ1n) is 3.72. The summed E-state index contributed by atoms with van der Waals surface area (Å²) in [5, 5.41) is 8.77. The molecule has 0 atom stereocenters. The van der Waals surface area contributed by atoms with Gasteiger partial charge in [0.2, 0.25) is 0 Å². The summed E-state index contributed by atoms with van der Waals surface area (Å²) in [5.41, 5.74) is -0.413. The zero-order valence-electron chi connectivity index (χ0n) is 7.60. The van der Waals surface area contributed by atoms with Gasteiger partial charge in [0.25, 0.3) is 9.05 Å². The van der Waals surface area contributed by atoms with Crippen molar-refractivity contribution in [2.75, 3.05) is 7.11 Å². The lowest BCUT2D eigenvalue weighted by Gasteiger charge is -2.05. The molecule has 7 heteroatoms. The molecule has 0 aromatic heterocycles. The van der Waals surface area contributed by atoms with Gasteiger partial charge < -0.3 is 9.84 Å². The predicted molar refractivity (Wildman–Crippen MR) is 53.0 cm³/mol. The number of hydrogen-bond acceptors (Lipinski definition) is 4. The van der Waals surface area contributed by atoms with Crippen LogP contribution in [0.3, 0.4) is 0 Å². The van der Waals surface area contributed by atoms with E-state index in [1.807, 2.05) is 0 Å². The van der Waals surface area contributed by atoms with E-state index in [9.17, 15) is 13.2 Å². The van der Waals surface area contributed by atoms with Crippen molar-refractivity contribution in [2.24, 2.45) is 0 Å². The van der Waals surface area contributed by atoms with Crippen LogP contribution in [0.1, 0.15) is 10.4 Å². The van der Waals surface area contributed by atoms with E-state index in [-0.39, 0.29) is 5.75 Å². The average Bonchev–Trinajstić information content (AvgIpc) is 2.15. The number of ether oxygens (including phenoxy) is 1. The van der Waals surface area contributed by atoms with E-state index in [0.717, 1.165) is 12.1 Å². The van der Waals surface area contributed by atoms with Gasteiger partial charge in [0.15, 0.2) is 0 Å². The van der Waals surface area contributed by atoms with Gasteiger partial charge in [-0.15, -0.1) is 0 Å². The summed E-state index contributed by atoms with van der Waals surface area (Å²) in [6.07, 6.45) is 0. The first-order valence-corrected chi connectivity index (χ1v) is 6.03. The quantitative estimate of drug-likeness (QED) is 0.819. The second-order valence-electron chi connectivity index (χ2n) is 2.61. The van der Waals surface area contributed by atoms with Crippen LogP contribution in [0.25, 0.3) is 0 Å².